The fraction of sp³-hybridized carbons (Fsp3) is 0.818. The molecule has 1 heterocycles. The van der Waals surface area contributed by atoms with E-state index in [2.05, 4.69) is 5.32 Å². The molecule has 0 aliphatic carbocycles. The van der Waals surface area contributed by atoms with Crippen molar-refractivity contribution < 1.29 is 22.8 Å². The molecule has 1 atom stereocenters. The van der Waals surface area contributed by atoms with Crippen LogP contribution in [-0.2, 0) is 9.59 Å². The van der Waals surface area contributed by atoms with Gasteiger partial charge in [0, 0.05) is 25.9 Å². The smallest absolute Gasteiger partial charge is 0.345 e. The van der Waals surface area contributed by atoms with Crippen molar-refractivity contribution in [3.05, 3.63) is 0 Å². The Balaban J connectivity index is 2.36. The average Bonchev–Trinajstić information content (AvgIpc) is 2.35. The van der Waals surface area contributed by atoms with E-state index in [1.165, 1.54) is 4.90 Å². The van der Waals surface area contributed by atoms with Crippen LogP contribution in [0.15, 0.2) is 0 Å². The lowest BCUT2D eigenvalue weighted by Crippen LogP contribution is -2.42. The molecule has 18 heavy (non-hydrogen) atoms. The van der Waals surface area contributed by atoms with Crippen molar-refractivity contribution in [2.45, 2.75) is 44.8 Å². The predicted octanol–water partition coefficient (Wildman–Crippen LogP) is 1.46. The van der Waals surface area contributed by atoms with E-state index in [4.69, 9.17) is 0 Å². The van der Waals surface area contributed by atoms with E-state index >= 15 is 0 Å². The number of nitrogens with zero attached hydrogens (tertiary/aromatic N) is 1. The number of nitrogens with one attached hydrogen (secondary N) is 1. The summed E-state index contributed by atoms with van der Waals surface area (Å²) in [5.74, 6) is -0.429. The third-order valence-corrected chi connectivity index (χ3v) is 2.81. The summed E-state index contributed by atoms with van der Waals surface area (Å²) < 4.78 is 35.8. The third-order valence-electron chi connectivity index (χ3n) is 2.81. The molecule has 1 N–H and O–H groups in total. The van der Waals surface area contributed by atoms with Gasteiger partial charge in [0.1, 0.15) is 6.04 Å². The normalized spacial score (nSPS) is 21.8. The highest BCUT2D eigenvalue weighted by Crippen LogP contribution is 2.22. The van der Waals surface area contributed by atoms with E-state index in [0.717, 1.165) is 0 Å². The Morgan fingerprint density at radius 1 is 1.33 bits per heavy atom. The van der Waals surface area contributed by atoms with Crippen LogP contribution >= 0.6 is 0 Å². The first-order valence-electron chi connectivity index (χ1n) is 5.94. The standard InChI is InChI=1S/C11H17F3N2O2/c1-8-10(18)16(7-4-9(17)15-8)6-3-2-5-11(12,13)14/h8H,2-7H2,1H3,(H,15,17). The number of halogens is 3. The molecular formula is C11H17F3N2O2. The third kappa shape index (κ3) is 4.93. The van der Waals surface area contributed by atoms with Crippen molar-refractivity contribution in [2.24, 2.45) is 0 Å². The summed E-state index contributed by atoms with van der Waals surface area (Å²) in [6.07, 6.45) is -4.47. The van der Waals surface area contributed by atoms with Gasteiger partial charge in [0.15, 0.2) is 0 Å². The Labute approximate surface area is 104 Å². The molecule has 1 aliphatic heterocycles. The van der Waals surface area contributed by atoms with Gasteiger partial charge in [-0.25, -0.2) is 0 Å². The quantitative estimate of drug-likeness (QED) is 0.783. The molecule has 0 aromatic carbocycles. The second kappa shape index (κ2) is 6.06. The van der Waals surface area contributed by atoms with Crippen LogP contribution in [0.2, 0.25) is 0 Å². The molecule has 2 amide bonds. The summed E-state index contributed by atoms with van der Waals surface area (Å²) in [6, 6.07) is -0.595. The summed E-state index contributed by atoms with van der Waals surface area (Å²) in [6.45, 7) is 2.13. The maximum atomic E-state index is 11.9. The zero-order chi connectivity index (χ0) is 13.8. The molecule has 0 aromatic heterocycles. The minimum absolute atomic E-state index is 0.00301. The zero-order valence-electron chi connectivity index (χ0n) is 10.2. The molecule has 0 aromatic rings. The second-order valence-corrected chi connectivity index (χ2v) is 4.44. The van der Waals surface area contributed by atoms with Crippen molar-refractivity contribution in [3.8, 4) is 0 Å². The Morgan fingerprint density at radius 3 is 2.61 bits per heavy atom. The number of amides is 2. The van der Waals surface area contributed by atoms with Gasteiger partial charge >= 0.3 is 6.18 Å². The van der Waals surface area contributed by atoms with Gasteiger partial charge in [-0.15, -0.1) is 0 Å². The Bertz CT molecular complexity index is 318. The van der Waals surface area contributed by atoms with Crippen LogP contribution in [0.25, 0.3) is 0 Å². The molecule has 1 fully saturated rings. The number of carbonyl (C=O) groups is 2. The molecule has 1 saturated heterocycles. The highest BCUT2D eigenvalue weighted by molar-refractivity contribution is 5.89. The summed E-state index contributed by atoms with van der Waals surface area (Å²) in [7, 11) is 0. The maximum Gasteiger partial charge on any atom is 0.389 e. The molecule has 1 aliphatic rings. The summed E-state index contributed by atoms with van der Waals surface area (Å²) in [5.41, 5.74) is 0. The van der Waals surface area contributed by atoms with E-state index < -0.39 is 18.6 Å². The lowest BCUT2D eigenvalue weighted by Gasteiger charge is -2.22. The number of rotatable bonds is 4. The largest absolute Gasteiger partial charge is 0.389 e. The number of hydrogen-bond acceptors (Lipinski definition) is 2. The van der Waals surface area contributed by atoms with Crippen LogP contribution in [0.4, 0.5) is 13.2 Å². The van der Waals surface area contributed by atoms with Gasteiger partial charge < -0.3 is 10.2 Å². The first-order chi connectivity index (χ1) is 8.29. The predicted molar refractivity (Wildman–Crippen MR) is 58.7 cm³/mol. The van der Waals surface area contributed by atoms with Gasteiger partial charge in [-0.05, 0) is 19.8 Å². The lowest BCUT2D eigenvalue weighted by molar-refractivity contribution is -0.136. The van der Waals surface area contributed by atoms with Gasteiger partial charge in [-0.3, -0.25) is 9.59 Å². The molecule has 7 heteroatoms. The number of alkyl halides is 3. The van der Waals surface area contributed by atoms with Crippen LogP contribution in [0, 0.1) is 0 Å². The number of hydrogen-bond donors (Lipinski definition) is 1. The van der Waals surface area contributed by atoms with E-state index in [-0.39, 0.29) is 37.7 Å². The van der Waals surface area contributed by atoms with E-state index in [0.29, 0.717) is 6.42 Å². The number of unbranched alkanes of at least 4 members (excludes halogenated alkanes) is 1. The molecule has 0 saturated carbocycles. The molecular weight excluding hydrogens is 249 g/mol. The molecule has 1 rings (SSSR count). The summed E-state index contributed by atoms with van der Waals surface area (Å²) >= 11 is 0. The fourth-order valence-corrected chi connectivity index (χ4v) is 1.85. The van der Waals surface area contributed by atoms with Crippen molar-refractivity contribution in [1.29, 1.82) is 0 Å². The molecule has 4 nitrogen and oxygen atoms in total. The van der Waals surface area contributed by atoms with Crippen LogP contribution in [0.5, 0.6) is 0 Å². The molecule has 0 bridgehead atoms. The summed E-state index contributed by atoms with van der Waals surface area (Å²) in [4.78, 5) is 24.4. The molecule has 1 unspecified atom stereocenters. The monoisotopic (exact) mass is 266 g/mol. The van der Waals surface area contributed by atoms with Crippen LogP contribution in [-0.4, -0.2) is 42.0 Å². The Hall–Kier alpha value is -1.27. The first kappa shape index (κ1) is 14.8. The average molecular weight is 266 g/mol. The Morgan fingerprint density at radius 2 is 2.00 bits per heavy atom. The van der Waals surface area contributed by atoms with Crippen LogP contribution in [0.3, 0.4) is 0 Å². The lowest BCUT2D eigenvalue weighted by atomic mass is 10.2. The summed E-state index contributed by atoms with van der Waals surface area (Å²) in [5, 5.41) is 2.53. The van der Waals surface area contributed by atoms with Gasteiger partial charge in [-0.2, -0.15) is 13.2 Å². The molecule has 0 spiro atoms. The van der Waals surface area contributed by atoms with Gasteiger partial charge in [0.2, 0.25) is 11.8 Å². The van der Waals surface area contributed by atoms with Crippen molar-refractivity contribution in [1.82, 2.24) is 10.2 Å². The van der Waals surface area contributed by atoms with Gasteiger partial charge in [0.25, 0.3) is 0 Å². The minimum atomic E-state index is -4.15. The van der Waals surface area contributed by atoms with E-state index in [1.54, 1.807) is 6.92 Å². The van der Waals surface area contributed by atoms with E-state index in [9.17, 15) is 22.8 Å². The SMILES string of the molecule is CC1NC(=O)CCN(CCCCC(F)(F)F)C1=O. The van der Waals surface area contributed by atoms with Crippen molar-refractivity contribution in [3.63, 3.8) is 0 Å². The Kier molecular flexibility index (Phi) is 4.98. The van der Waals surface area contributed by atoms with Gasteiger partial charge in [0.05, 0.1) is 0 Å². The van der Waals surface area contributed by atoms with Gasteiger partial charge in [-0.1, -0.05) is 0 Å². The first-order valence-corrected chi connectivity index (χ1v) is 5.94. The second-order valence-electron chi connectivity index (χ2n) is 4.44. The molecule has 0 radical (unpaired) electrons. The minimum Gasteiger partial charge on any atom is -0.345 e. The van der Waals surface area contributed by atoms with Crippen molar-refractivity contribution in [2.75, 3.05) is 13.1 Å². The highest BCUT2D eigenvalue weighted by Gasteiger charge is 2.28. The van der Waals surface area contributed by atoms with Crippen LogP contribution < -0.4 is 5.32 Å². The highest BCUT2D eigenvalue weighted by atomic mass is 19.4. The van der Waals surface area contributed by atoms with Crippen LogP contribution in [0.1, 0.15) is 32.6 Å². The fourth-order valence-electron chi connectivity index (χ4n) is 1.85. The maximum absolute atomic E-state index is 11.9. The zero-order valence-corrected chi connectivity index (χ0v) is 10.2. The molecule has 104 valence electrons. The number of carbonyl (C=O) groups excluding carboxylic acids is 2. The van der Waals surface area contributed by atoms with E-state index in [1.807, 2.05) is 0 Å². The topological polar surface area (TPSA) is 49.4 Å². The van der Waals surface area contributed by atoms with Crippen molar-refractivity contribution >= 4 is 11.8 Å².